The van der Waals surface area contributed by atoms with E-state index in [1.807, 2.05) is 0 Å². The van der Waals surface area contributed by atoms with Crippen LogP contribution in [0.15, 0.2) is 35.5 Å². The van der Waals surface area contributed by atoms with Gasteiger partial charge in [0.2, 0.25) is 0 Å². The molecule has 0 N–H and O–H groups in total. The van der Waals surface area contributed by atoms with Crippen LogP contribution in [0.3, 0.4) is 0 Å². The van der Waals surface area contributed by atoms with Crippen molar-refractivity contribution in [2.75, 3.05) is 0 Å². The molecule has 0 radical (unpaired) electrons. The second-order valence-electron chi connectivity index (χ2n) is 2.93. The number of hydrogen-bond acceptors (Lipinski definition) is 0. The average molecular weight is 236 g/mol. The molecule has 0 spiro atoms. The van der Waals surface area contributed by atoms with Crippen LogP contribution in [0.25, 0.3) is 0 Å². The first-order chi connectivity index (χ1) is 5.79. The minimum absolute atomic E-state index is 0. The standard InChI is InChI=1S/2C6H7.2CH3.Ti/c2*1-6-4-2-3-5-6;;;/h2*2,4H,3H2,1H3;2*1H3;/q4*-1;+4. The zero-order valence-electron chi connectivity index (χ0n) is 10.2. The zero-order chi connectivity index (χ0) is 8.81. The summed E-state index contributed by atoms with van der Waals surface area (Å²) < 4.78 is 0. The second kappa shape index (κ2) is 11.7. The first kappa shape index (κ1) is 20.1. The SMILES string of the molecule is CC1=[C-]CC=C1.CC1=[C-]CC=C1.[CH3-].[CH3-].[Ti+4]. The molecule has 15 heavy (non-hydrogen) atoms. The average Bonchev–Trinajstić information content (AvgIpc) is 2.63. The van der Waals surface area contributed by atoms with Crippen LogP contribution in [0.5, 0.6) is 0 Å². The molecular formula is C14H20Ti. The third-order valence-electron chi connectivity index (χ3n) is 1.73. The second-order valence-corrected chi connectivity index (χ2v) is 2.93. The summed E-state index contributed by atoms with van der Waals surface area (Å²) in [5.41, 5.74) is 2.55. The molecule has 1 heteroatoms. The Kier molecular flexibility index (Phi) is 15.8. The topological polar surface area (TPSA) is 0 Å². The molecule has 0 aromatic carbocycles. The van der Waals surface area contributed by atoms with Crippen molar-refractivity contribution in [1.82, 2.24) is 0 Å². The number of rotatable bonds is 0. The maximum Gasteiger partial charge on any atom is 4.00 e. The normalized spacial score (nSPS) is 14.8. The number of allylic oxidation sites excluding steroid dienone is 8. The third kappa shape index (κ3) is 9.97. The van der Waals surface area contributed by atoms with Crippen LogP contribution in [0, 0.1) is 27.0 Å². The summed E-state index contributed by atoms with van der Waals surface area (Å²) in [6, 6.07) is 0. The van der Waals surface area contributed by atoms with Gasteiger partial charge in [-0.1, -0.05) is 13.8 Å². The Hall–Kier alpha value is -0.326. The van der Waals surface area contributed by atoms with E-state index in [-0.39, 0.29) is 36.6 Å². The Morgan fingerprint density at radius 2 is 1.20 bits per heavy atom. The van der Waals surface area contributed by atoms with Crippen molar-refractivity contribution >= 4 is 0 Å². The van der Waals surface area contributed by atoms with E-state index in [4.69, 9.17) is 0 Å². The van der Waals surface area contributed by atoms with Gasteiger partial charge in [0.25, 0.3) is 0 Å². The van der Waals surface area contributed by atoms with Crippen LogP contribution in [-0.4, -0.2) is 0 Å². The van der Waals surface area contributed by atoms with Crippen molar-refractivity contribution in [3.63, 3.8) is 0 Å². The first-order valence-electron chi connectivity index (χ1n) is 4.27. The van der Waals surface area contributed by atoms with E-state index in [9.17, 15) is 0 Å². The van der Waals surface area contributed by atoms with Crippen molar-refractivity contribution < 1.29 is 21.7 Å². The van der Waals surface area contributed by atoms with E-state index in [0.29, 0.717) is 0 Å². The molecule has 0 aromatic rings. The van der Waals surface area contributed by atoms with E-state index >= 15 is 0 Å². The fraction of sp³-hybridized carbons (Fsp3) is 0.286. The predicted octanol–water partition coefficient (Wildman–Crippen LogP) is 4.29. The van der Waals surface area contributed by atoms with Gasteiger partial charge in [0.1, 0.15) is 0 Å². The Balaban J connectivity index is -0.000000160. The summed E-state index contributed by atoms with van der Waals surface area (Å²) in [6.45, 7) is 4.12. The van der Waals surface area contributed by atoms with Crippen LogP contribution >= 0.6 is 0 Å². The van der Waals surface area contributed by atoms with Gasteiger partial charge in [-0.15, -0.1) is 12.8 Å². The molecular weight excluding hydrogens is 216 g/mol. The summed E-state index contributed by atoms with van der Waals surface area (Å²) in [5, 5.41) is 0. The number of hydrogen-bond donors (Lipinski definition) is 0. The minimum Gasteiger partial charge on any atom is -0.358 e. The van der Waals surface area contributed by atoms with E-state index in [0.717, 1.165) is 12.8 Å². The van der Waals surface area contributed by atoms with Crippen molar-refractivity contribution in [2.24, 2.45) is 0 Å². The maximum atomic E-state index is 3.12. The van der Waals surface area contributed by atoms with Gasteiger partial charge >= 0.3 is 21.7 Å². The molecule has 0 fully saturated rings. The fourth-order valence-corrected chi connectivity index (χ4v) is 1.03. The molecule has 0 bridgehead atoms. The fourth-order valence-electron chi connectivity index (χ4n) is 1.03. The third-order valence-corrected chi connectivity index (χ3v) is 1.73. The minimum atomic E-state index is 0. The van der Waals surface area contributed by atoms with E-state index in [1.165, 1.54) is 11.1 Å². The molecule has 2 aliphatic carbocycles. The van der Waals surface area contributed by atoms with Gasteiger partial charge in [-0.3, -0.25) is 12.2 Å². The van der Waals surface area contributed by atoms with Crippen LogP contribution in [0.2, 0.25) is 0 Å². The molecule has 0 amide bonds. The molecule has 0 aromatic heterocycles. The van der Waals surface area contributed by atoms with E-state index in [1.54, 1.807) is 0 Å². The Morgan fingerprint density at radius 3 is 1.27 bits per heavy atom. The predicted molar refractivity (Wildman–Crippen MR) is 65.2 cm³/mol. The maximum absolute atomic E-state index is 3.12. The van der Waals surface area contributed by atoms with Gasteiger partial charge in [0.15, 0.2) is 0 Å². The quantitative estimate of drug-likeness (QED) is 0.434. The van der Waals surface area contributed by atoms with Crippen molar-refractivity contribution in [3.8, 4) is 0 Å². The van der Waals surface area contributed by atoms with E-state index < -0.39 is 0 Å². The van der Waals surface area contributed by atoms with Gasteiger partial charge in [-0.2, -0.15) is 12.2 Å². The Morgan fingerprint density at radius 1 is 0.867 bits per heavy atom. The van der Waals surface area contributed by atoms with Gasteiger partial charge in [0, 0.05) is 0 Å². The summed E-state index contributed by atoms with van der Waals surface area (Å²) in [7, 11) is 0. The zero-order valence-corrected chi connectivity index (χ0v) is 11.8. The largest absolute Gasteiger partial charge is 4.00 e. The summed E-state index contributed by atoms with van der Waals surface area (Å²) in [6.07, 6.45) is 16.7. The van der Waals surface area contributed by atoms with Gasteiger partial charge in [-0.05, 0) is 0 Å². The van der Waals surface area contributed by atoms with Gasteiger partial charge in [0.05, 0.1) is 0 Å². The Bertz CT molecular complexity index is 221. The van der Waals surface area contributed by atoms with Crippen molar-refractivity contribution in [2.45, 2.75) is 26.7 Å². The first-order valence-corrected chi connectivity index (χ1v) is 4.27. The van der Waals surface area contributed by atoms with Crippen molar-refractivity contribution in [1.29, 1.82) is 0 Å². The van der Waals surface area contributed by atoms with Gasteiger partial charge < -0.3 is 14.9 Å². The van der Waals surface area contributed by atoms with Gasteiger partial charge in [-0.25, -0.2) is 23.3 Å². The van der Waals surface area contributed by atoms with Crippen LogP contribution < -0.4 is 0 Å². The summed E-state index contributed by atoms with van der Waals surface area (Å²) in [4.78, 5) is 0. The molecule has 0 saturated carbocycles. The van der Waals surface area contributed by atoms with E-state index in [2.05, 4.69) is 50.3 Å². The molecule has 0 aliphatic heterocycles. The molecule has 0 unspecified atom stereocenters. The van der Waals surface area contributed by atoms with Crippen LogP contribution in [0.1, 0.15) is 26.7 Å². The molecule has 0 atom stereocenters. The van der Waals surface area contributed by atoms with Crippen LogP contribution in [-0.2, 0) is 21.7 Å². The summed E-state index contributed by atoms with van der Waals surface area (Å²) in [5.74, 6) is 0. The van der Waals surface area contributed by atoms with Crippen molar-refractivity contribution in [3.05, 3.63) is 62.5 Å². The Labute approximate surface area is 111 Å². The molecule has 0 saturated heterocycles. The summed E-state index contributed by atoms with van der Waals surface area (Å²) >= 11 is 0. The monoisotopic (exact) mass is 236 g/mol. The molecule has 80 valence electrons. The molecule has 2 rings (SSSR count). The smallest absolute Gasteiger partial charge is 0.358 e. The van der Waals surface area contributed by atoms with Crippen LogP contribution in [0.4, 0.5) is 0 Å². The molecule has 2 aliphatic rings. The molecule has 0 heterocycles. The molecule has 0 nitrogen and oxygen atoms in total.